The maximum atomic E-state index is 12.5. The topological polar surface area (TPSA) is 39.4 Å². The van der Waals surface area contributed by atoms with Gasteiger partial charge in [0.05, 0.1) is 17.6 Å². The van der Waals surface area contributed by atoms with Crippen molar-refractivity contribution in [1.82, 2.24) is 0 Å². The Morgan fingerprint density at radius 1 is 1.08 bits per heavy atom. The Morgan fingerprint density at radius 3 is 2.72 bits per heavy atom. The molecule has 3 aromatic rings. The van der Waals surface area contributed by atoms with Crippen molar-refractivity contribution in [2.75, 3.05) is 7.11 Å². The largest absolute Gasteiger partial charge is 0.496 e. The van der Waals surface area contributed by atoms with Crippen molar-refractivity contribution >= 4 is 35.2 Å². The fourth-order valence-electron chi connectivity index (χ4n) is 2.71. The molecular weight excluding hydrogens is 356 g/mol. The number of furan rings is 1. The molecule has 1 aromatic heterocycles. The summed E-state index contributed by atoms with van der Waals surface area (Å²) in [6.45, 7) is 0. The summed E-state index contributed by atoms with van der Waals surface area (Å²) in [5.74, 6) is 1.95. The number of carbonyl (C=O) groups is 1. The molecule has 0 bridgehead atoms. The number of hydrogen-bond donors (Lipinski definition) is 0. The van der Waals surface area contributed by atoms with E-state index in [1.165, 1.54) is 11.8 Å². The fraction of sp³-hybridized carbons (Fsp3) is 0.0500. The van der Waals surface area contributed by atoms with Crippen LogP contribution in [0.2, 0.25) is 5.02 Å². The maximum Gasteiger partial charge on any atom is 0.200 e. The number of carbonyl (C=O) groups excluding carboxylic acids is 1. The first-order valence-electron chi connectivity index (χ1n) is 7.63. The first kappa shape index (κ1) is 16.1. The van der Waals surface area contributed by atoms with Gasteiger partial charge in [-0.25, -0.2) is 0 Å². The second kappa shape index (κ2) is 6.47. The lowest BCUT2D eigenvalue weighted by atomic mass is 10.1. The number of methoxy groups -OCH3 is 1. The predicted molar refractivity (Wildman–Crippen MR) is 100 cm³/mol. The van der Waals surface area contributed by atoms with Crippen LogP contribution in [0.5, 0.6) is 5.75 Å². The van der Waals surface area contributed by atoms with Crippen LogP contribution in [0, 0.1) is 0 Å². The Labute approximate surface area is 154 Å². The lowest BCUT2D eigenvalue weighted by Gasteiger charge is -2.06. The van der Waals surface area contributed by atoms with Crippen molar-refractivity contribution in [1.29, 1.82) is 0 Å². The van der Waals surface area contributed by atoms with E-state index in [0.717, 1.165) is 16.0 Å². The van der Waals surface area contributed by atoms with Crippen LogP contribution in [0.3, 0.4) is 0 Å². The van der Waals surface area contributed by atoms with Gasteiger partial charge in [-0.05, 0) is 48.5 Å². The van der Waals surface area contributed by atoms with Gasteiger partial charge in [0.1, 0.15) is 17.3 Å². The average molecular weight is 369 g/mol. The molecule has 3 nitrogen and oxygen atoms in total. The SMILES string of the molecule is COc1ccc(Cl)cc1-c1ccc(/C=C2/Sc3ccccc3C2=O)o1. The van der Waals surface area contributed by atoms with E-state index in [1.54, 1.807) is 31.4 Å². The summed E-state index contributed by atoms with van der Waals surface area (Å²) in [7, 11) is 1.60. The quantitative estimate of drug-likeness (QED) is 0.536. The molecule has 0 spiro atoms. The molecule has 5 heteroatoms. The van der Waals surface area contributed by atoms with Gasteiger partial charge in [-0.1, -0.05) is 35.5 Å². The molecule has 0 unspecified atom stereocenters. The molecule has 0 radical (unpaired) electrons. The first-order chi connectivity index (χ1) is 12.2. The molecule has 0 saturated heterocycles. The number of halogens is 1. The molecule has 2 heterocycles. The fourth-order valence-corrected chi connectivity index (χ4v) is 3.92. The third kappa shape index (κ3) is 2.99. The number of fused-ring (bicyclic) bond motifs is 1. The first-order valence-corrected chi connectivity index (χ1v) is 8.82. The molecule has 0 fully saturated rings. The number of Topliss-reactive ketones (excluding diaryl/α,β-unsaturated/α-hetero) is 1. The number of ketones is 1. The van der Waals surface area contributed by atoms with Gasteiger partial charge in [0.15, 0.2) is 0 Å². The van der Waals surface area contributed by atoms with Crippen LogP contribution < -0.4 is 4.74 Å². The van der Waals surface area contributed by atoms with E-state index >= 15 is 0 Å². The lowest BCUT2D eigenvalue weighted by molar-refractivity contribution is 0.104. The number of hydrogen-bond acceptors (Lipinski definition) is 4. The number of benzene rings is 2. The van der Waals surface area contributed by atoms with E-state index in [4.69, 9.17) is 20.8 Å². The van der Waals surface area contributed by atoms with Gasteiger partial charge in [-0.15, -0.1) is 0 Å². The van der Waals surface area contributed by atoms with Crippen LogP contribution >= 0.6 is 23.4 Å². The van der Waals surface area contributed by atoms with E-state index in [1.807, 2.05) is 36.4 Å². The van der Waals surface area contributed by atoms with Crippen molar-refractivity contribution in [3.8, 4) is 17.1 Å². The van der Waals surface area contributed by atoms with Crippen molar-refractivity contribution < 1.29 is 13.9 Å². The normalized spacial score (nSPS) is 14.8. The Bertz CT molecular complexity index is 1000. The van der Waals surface area contributed by atoms with Crippen LogP contribution in [0.25, 0.3) is 17.4 Å². The van der Waals surface area contributed by atoms with Crippen LogP contribution in [-0.2, 0) is 0 Å². The molecule has 1 aliphatic rings. The average Bonchev–Trinajstić information content (AvgIpc) is 3.21. The highest BCUT2D eigenvalue weighted by molar-refractivity contribution is 8.04. The molecule has 124 valence electrons. The van der Waals surface area contributed by atoms with E-state index in [0.29, 0.717) is 27.2 Å². The zero-order chi connectivity index (χ0) is 17.4. The second-order valence-electron chi connectivity index (χ2n) is 5.48. The summed E-state index contributed by atoms with van der Waals surface area (Å²) in [4.78, 5) is 14.1. The van der Waals surface area contributed by atoms with Gasteiger partial charge in [0, 0.05) is 15.5 Å². The van der Waals surface area contributed by atoms with Gasteiger partial charge >= 0.3 is 0 Å². The van der Waals surface area contributed by atoms with Gasteiger partial charge in [0.25, 0.3) is 0 Å². The van der Waals surface area contributed by atoms with Crippen molar-refractivity contribution in [3.63, 3.8) is 0 Å². The molecule has 0 atom stereocenters. The minimum absolute atomic E-state index is 0.0267. The van der Waals surface area contributed by atoms with Crippen LogP contribution in [-0.4, -0.2) is 12.9 Å². The Balaban J connectivity index is 1.68. The van der Waals surface area contributed by atoms with Crippen molar-refractivity contribution in [2.24, 2.45) is 0 Å². The number of ether oxygens (including phenoxy) is 1. The third-order valence-electron chi connectivity index (χ3n) is 3.90. The zero-order valence-electron chi connectivity index (χ0n) is 13.3. The zero-order valence-corrected chi connectivity index (χ0v) is 14.9. The van der Waals surface area contributed by atoms with E-state index in [2.05, 4.69) is 0 Å². The number of allylic oxidation sites excluding steroid dienone is 1. The van der Waals surface area contributed by atoms with Gasteiger partial charge in [-0.3, -0.25) is 4.79 Å². The summed E-state index contributed by atoms with van der Waals surface area (Å²) >= 11 is 7.54. The minimum Gasteiger partial charge on any atom is -0.496 e. The highest BCUT2D eigenvalue weighted by Crippen LogP contribution is 2.41. The lowest BCUT2D eigenvalue weighted by Crippen LogP contribution is -1.93. The molecular formula is C20H13ClO3S. The van der Waals surface area contributed by atoms with Crippen molar-refractivity contribution in [3.05, 3.63) is 75.8 Å². The molecule has 2 aromatic carbocycles. The Kier molecular flexibility index (Phi) is 4.15. The molecule has 1 aliphatic heterocycles. The summed E-state index contributed by atoms with van der Waals surface area (Å²) in [6.07, 6.45) is 1.77. The van der Waals surface area contributed by atoms with E-state index < -0.39 is 0 Å². The molecule has 25 heavy (non-hydrogen) atoms. The molecule has 0 aliphatic carbocycles. The van der Waals surface area contributed by atoms with Crippen LogP contribution in [0.15, 0.2) is 68.8 Å². The summed E-state index contributed by atoms with van der Waals surface area (Å²) in [6, 6.07) is 16.6. The molecule has 0 saturated carbocycles. The predicted octanol–water partition coefficient (Wildman–Crippen LogP) is 5.94. The second-order valence-corrected chi connectivity index (χ2v) is 7.00. The maximum absolute atomic E-state index is 12.5. The number of rotatable bonds is 3. The smallest absolute Gasteiger partial charge is 0.200 e. The minimum atomic E-state index is 0.0267. The van der Waals surface area contributed by atoms with Gasteiger partial charge in [-0.2, -0.15) is 0 Å². The molecule has 0 amide bonds. The van der Waals surface area contributed by atoms with Crippen LogP contribution in [0.1, 0.15) is 16.1 Å². The third-order valence-corrected chi connectivity index (χ3v) is 5.24. The van der Waals surface area contributed by atoms with Crippen LogP contribution in [0.4, 0.5) is 0 Å². The Morgan fingerprint density at radius 2 is 1.92 bits per heavy atom. The summed E-state index contributed by atoms with van der Waals surface area (Å²) < 4.78 is 11.3. The highest BCUT2D eigenvalue weighted by atomic mass is 35.5. The van der Waals surface area contributed by atoms with Gasteiger partial charge < -0.3 is 9.15 Å². The highest BCUT2D eigenvalue weighted by Gasteiger charge is 2.25. The molecule has 0 N–H and O–H groups in total. The summed E-state index contributed by atoms with van der Waals surface area (Å²) in [5, 5.41) is 0.601. The van der Waals surface area contributed by atoms with Gasteiger partial charge in [0.2, 0.25) is 5.78 Å². The van der Waals surface area contributed by atoms with E-state index in [-0.39, 0.29) is 5.78 Å². The number of thioether (sulfide) groups is 1. The molecule has 4 rings (SSSR count). The van der Waals surface area contributed by atoms with Crippen molar-refractivity contribution in [2.45, 2.75) is 4.90 Å². The van der Waals surface area contributed by atoms with E-state index in [9.17, 15) is 4.79 Å². The monoisotopic (exact) mass is 368 g/mol. The standard InChI is InChI=1S/C20H13ClO3S/c1-23-16-8-6-12(21)10-15(16)17-9-7-13(24-17)11-19-20(22)14-4-2-3-5-18(14)25-19/h2-11H,1H3/b19-11+. The Hall–Kier alpha value is -2.43. The summed E-state index contributed by atoms with van der Waals surface area (Å²) in [5.41, 5.74) is 1.51.